The van der Waals surface area contributed by atoms with Crippen molar-refractivity contribution >= 4 is 11.8 Å². The molecule has 1 saturated heterocycles. The summed E-state index contributed by atoms with van der Waals surface area (Å²) in [6, 6.07) is 3.70. The van der Waals surface area contributed by atoms with Crippen LogP contribution < -0.4 is 0 Å². The van der Waals surface area contributed by atoms with Crippen molar-refractivity contribution in [1.82, 2.24) is 9.80 Å². The van der Waals surface area contributed by atoms with Crippen LogP contribution in [0.1, 0.15) is 51.7 Å². The van der Waals surface area contributed by atoms with E-state index in [0.717, 1.165) is 44.5 Å². The lowest BCUT2D eigenvalue weighted by Crippen LogP contribution is -2.48. The zero-order chi connectivity index (χ0) is 19.2. The molecular weight excluding hydrogens is 344 g/mol. The van der Waals surface area contributed by atoms with E-state index in [2.05, 4.69) is 13.8 Å². The Labute approximate surface area is 161 Å². The lowest BCUT2D eigenvalue weighted by molar-refractivity contribution is -0.146. The molecule has 2 fully saturated rings. The third kappa shape index (κ3) is 5.58. The second-order valence-electron chi connectivity index (χ2n) is 8.23. The van der Waals surface area contributed by atoms with Crippen LogP contribution in [0.2, 0.25) is 0 Å². The maximum atomic E-state index is 13.1. The van der Waals surface area contributed by atoms with Gasteiger partial charge in [0.25, 0.3) is 0 Å². The second kappa shape index (κ2) is 9.40. The van der Waals surface area contributed by atoms with E-state index in [1.807, 2.05) is 12.1 Å². The standard InChI is InChI=1S/C21H32N2O4/c1-16(2)12-23(21(25)17-6-3-7-17)15-20(24)22(13-18-8-4-10-26-18)14-19-9-5-11-27-19/h4,8,10,16-17,19H,3,5-7,9,11-15H2,1-2H3/t19-/m1/s1. The van der Waals surface area contributed by atoms with Crippen LogP contribution in [-0.4, -0.2) is 54.0 Å². The van der Waals surface area contributed by atoms with Crippen molar-refractivity contribution in [2.75, 3.05) is 26.2 Å². The van der Waals surface area contributed by atoms with Crippen LogP contribution in [0.4, 0.5) is 0 Å². The molecule has 3 rings (SSSR count). The third-order valence-corrected chi connectivity index (χ3v) is 5.41. The molecule has 1 saturated carbocycles. The Morgan fingerprint density at radius 2 is 2.00 bits per heavy atom. The van der Waals surface area contributed by atoms with E-state index in [0.29, 0.717) is 25.6 Å². The topological polar surface area (TPSA) is 63.0 Å². The van der Waals surface area contributed by atoms with Gasteiger partial charge in [0, 0.05) is 25.6 Å². The Bertz CT molecular complexity index is 604. The highest BCUT2D eigenvalue weighted by molar-refractivity contribution is 5.86. The molecular formula is C21H32N2O4. The lowest BCUT2D eigenvalue weighted by atomic mass is 9.84. The van der Waals surface area contributed by atoms with Gasteiger partial charge in [-0.2, -0.15) is 0 Å². The van der Waals surface area contributed by atoms with E-state index in [9.17, 15) is 9.59 Å². The predicted octanol–water partition coefficient (Wildman–Crippen LogP) is 3.07. The van der Waals surface area contributed by atoms with E-state index in [-0.39, 0.29) is 30.4 Å². The van der Waals surface area contributed by atoms with Gasteiger partial charge in [-0.05, 0) is 43.7 Å². The second-order valence-corrected chi connectivity index (χ2v) is 8.23. The smallest absolute Gasteiger partial charge is 0.242 e. The summed E-state index contributed by atoms with van der Waals surface area (Å²) in [6.07, 6.45) is 6.72. The predicted molar refractivity (Wildman–Crippen MR) is 102 cm³/mol. The van der Waals surface area contributed by atoms with Gasteiger partial charge in [0.05, 0.1) is 25.5 Å². The maximum Gasteiger partial charge on any atom is 0.242 e. The zero-order valence-corrected chi connectivity index (χ0v) is 16.6. The van der Waals surface area contributed by atoms with E-state index < -0.39 is 0 Å². The number of carbonyl (C=O) groups is 2. The molecule has 0 spiro atoms. The van der Waals surface area contributed by atoms with Gasteiger partial charge in [-0.15, -0.1) is 0 Å². The van der Waals surface area contributed by atoms with Gasteiger partial charge >= 0.3 is 0 Å². The first kappa shape index (κ1) is 19.9. The highest BCUT2D eigenvalue weighted by Crippen LogP contribution is 2.28. The maximum absolute atomic E-state index is 13.1. The Morgan fingerprint density at radius 1 is 1.19 bits per heavy atom. The van der Waals surface area contributed by atoms with E-state index in [4.69, 9.17) is 9.15 Å². The molecule has 1 aliphatic heterocycles. The minimum absolute atomic E-state index is 0.0322. The Hall–Kier alpha value is -1.82. The molecule has 0 unspecified atom stereocenters. The number of hydrogen-bond acceptors (Lipinski definition) is 4. The average molecular weight is 376 g/mol. The van der Waals surface area contributed by atoms with Crippen molar-refractivity contribution in [2.45, 2.75) is 58.6 Å². The highest BCUT2D eigenvalue weighted by Gasteiger charge is 2.32. The fraction of sp³-hybridized carbons (Fsp3) is 0.714. The van der Waals surface area contributed by atoms with Crippen LogP contribution in [-0.2, 0) is 20.9 Å². The molecule has 0 bridgehead atoms. The van der Waals surface area contributed by atoms with Crippen molar-refractivity contribution in [3.8, 4) is 0 Å². The summed E-state index contributed by atoms with van der Waals surface area (Å²) in [5.41, 5.74) is 0. The van der Waals surface area contributed by atoms with Crippen LogP contribution in [0, 0.1) is 11.8 Å². The fourth-order valence-corrected chi connectivity index (χ4v) is 3.73. The normalized spacial score (nSPS) is 19.9. The molecule has 0 N–H and O–H groups in total. The number of ether oxygens (including phenoxy) is 1. The first-order chi connectivity index (χ1) is 13.0. The van der Waals surface area contributed by atoms with Gasteiger partial charge in [0.15, 0.2) is 0 Å². The summed E-state index contributed by atoms with van der Waals surface area (Å²) < 4.78 is 11.2. The Kier molecular flexibility index (Phi) is 6.94. The molecule has 6 heteroatoms. The van der Waals surface area contributed by atoms with E-state index in [1.165, 1.54) is 0 Å². The number of rotatable bonds is 9. The average Bonchev–Trinajstić information content (AvgIpc) is 3.25. The monoisotopic (exact) mass is 376 g/mol. The Balaban J connectivity index is 1.66. The lowest BCUT2D eigenvalue weighted by Gasteiger charge is -2.34. The largest absolute Gasteiger partial charge is 0.467 e. The molecule has 1 aromatic heterocycles. The summed E-state index contributed by atoms with van der Waals surface area (Å²) in [5, 5.41) is 0. The van der Waals surface area contributed by atoms with Crippen molar-refractivity contribution in [1.29, 1.82) is 0 Å². The minimum Gasteiger partial charge on any atom is -0.467 e. The molecule has 150 valence electrons. The van der Waals surface area contributed by atoms with Crippen LogP contribution in [0.5, 0.6) is 0 Å². The minimum atomic E-state index is -0.0322. The molecule has 1 atom stereocenters. The molecule has 2 heterocycles. The molecule has 0 radical (unpaired) electrons. The number of hydrogen-bond donors (Lipinski definition) is 0. The van der Waals surface area contributed by atoms with Gasteiger partial charge in [0.2, 0.25) is 11.8 Å². The van der Waals surface area contributed by atoms with E-state index in [1.54, 1.807) is 16.1 Å². The fourth-order valence-electron chi connectivity index (χ4n) is 3.73. The molecule has 27 heavy (non-hydrogen) atoms. The van der Waals surface area contributed by atoms with Gasteiger partial charge in [0.1, 0.15) is 5.76 Å². The molecule has 0 aromatic carbocycles. The van der Waals surface area contributed by atoms with Crippen LogP contribution in [0.25, 0.3) is 0 Å². The number of nitrogens with zero attached hydrogens (tertiary/aromatic N) is 2. The number of furan rings is 1. The van der Waals surface area contributed by atoms with Crippen molar-refractivity contribution in [3.05, 3.63) is 24.2 Å². The zero-order valence-electron chi connectivity index (χ0n) is 16.6. The third-order valence-electron chi connectivity index (χ3n) is 5.41. The molecule has 1 aromatic rings. The van der Waals surface area contributed by atoms with Crippen LogP contribution in [0.3, 0.4) is 0 Å². The molecule has 2 aliphatic rings. The van der Waals surface area contributed by atoms with Crippen molar-refractivity contribution < 1.29 is 18.7 Å². The highest BCUT2D eigenvalue weighted by atomic mass is 16.5. The quantitative estimate of drug-likeness (QED) is 0.664. The van der Waals surface area contributed by atoms with Gasteiger partial charge < -0.3 is 19.0 Å². The number of amides is 2. The van der Waals surface area contributed by atoms with E-state index >= 15 is 0 Å². The first-order valence-corrected chi connectivity index (χ1v) is 10.2. The van der Waals surface area contributed by atoms with Crippen molar-refractivity contribution in [2.24, 2.45) is 11.8 Å². The van der Waals surface area contributed by atoms with Gasteiger partial charge in [-0.25, -0.2) is 0 Å². The van der Waals surface area contributed by atoms with Crippen LogP contribution in [0.15, 0.2) is 22.8 Å². The van der Waals surface area contributed by atoms with Gasteiger partial charge in [-0.1, -0.05) is 20.3 Å². The van der Waals surface area contributed by atoms with Gasteiger partial charge in [-0.3, -0.25) is 9.59 Å². The van der Waals surface area contributed by atoms with Crippen LogP contribution >= 0.6 is 0 Å². The van der Waals surface area contributed by atoms with Crippen molar-refractivity contribution in [3.63, 3.8) is 0 Å². The first-order valence-electron chi connectivity index (χ1n) is 10.2. The Morgan fingerprint density at radius 3 is 2.56 bits per heavy atom. The SMILES string of the molecule is CC(C)CN(CC(=O)N(Cc1ccco1)C[C@H]1CCCO1)C(=O)C1CCC1. The summed E-state index contributed by atoms with van der Waals surface area (Å²) in [4.78, 5) is 29.5. The summed E-state index contributed by atoms with van der Waals surface area (Å²) >= 11 is 0. The molecule has 1 aliphatic carbocycles. The summed E-state index contributed by atoms with van der Waals surface area (Å²) in [6.45, 7) is 6.64. The molecule has 6 nitrogen and oxygen atoms in total. The molecule has 2 amide bonds. The number of carbonyl (C=O) groups excluding carboxylic acids is 2. The summed E-state index contributed by atoms with van der Waals surface area (Å²) in [7, 11) is 0. The summed E-state index contributed by atoms with van der Waals surface area (Å²) in [5.74, 6) is 1.29.